The third-order valence-electron chi connectivity index (χ3n) is 3.07. The lowest BCUT2D eigenvalue weighted by molar-refractivity contribution is 0.750. The molecule has 98 valence electrons. The molecule has 0 saturated heterocycles. The van der Waals surface area contributed by atoms with Crippen LogP contribution in [-0.4, -0.2) is 14.5 Å². The molecule has 2 heterocycles. The minimum absolute atomic E-state index is 0.273. The van der Waals surface area contributed by atoms with Crippen LogP contribution in [0, 0.1) is 11.3 Å². The maximum absolute atomic E-state index is 8.94. The summed E-state index contributed by atoms with van der Waals surface area (Å²) in [6.45, 7) is 0.554. The van der Waals surface area contributed by atoms with E-state index >= 15 is 0 Å². The number of nitriles is 1. The first kappa shape index (κ1) is 12.6. The number of hydrogen-bond donors (Lipinski definition) is 0. The molecule has 20 heavy (non-hydrogen) atoms. The highest BCUT2D eigenvalue weighted by atomic mass is 35.5. The van der Waals surface area contributed by atoms with Gasteiger partial charge in [0.25, 0.3) is 0 Å². The van der Waals surface area contributed by atoms with Gasteiger partial charge in [-0.05, 0) is 24.3 Å². The van der Waals surface area contributed by atoms with Gasteiger partial charge in [-0.15, -0.1) is 0 Å². The molecule has 0 N–H and O–H groups in total. The standard InChI is InChI=1S/C15H11ClN4/c16-11-6-8-18-12(9-11)10-20-14-4-2-1-3-13(14)19-15(20)5-7-17/h1-4,6,8-9H,5,10H2. The van der Waals surface area contributed by atoms with Gasteiger partial charge in [0, 0.05) is 11.2 Å². The molecule has 0 aliphatic carbocycles. The molecule has 0 bridgehead atoms. The zero-order valence-corrected chi connectivity index (χ0v) is 11.4. The highest BCUT2D eigenvalue weighted by molar-refractivity contribution is 6.30. The van der Waals surface area contributed by atoms with Gasteiger partial charge < -0.3 is 4.57 Å². The van der Waals surface area contributed by atoms with Gasteiger partial charge in [0.2, 0.25) is 0 Å². The second-order valence-electron chi connectivity index (χ2n) is 4.40. The zero-order chi connectivity index (χ0) is 13.9. The second-order valence-corrected chi connectivity index (χ2v) is 4.84. The Hall–Kier alpha value is -2.38. The predicted octanol–water partition coefficient (Wildman–Crippen LogP) is 3.20. The van der Waals surface area contributed by atoms with Gasteiger partial charge in [0.15, 0.2) is 0 Å². The molecule has 0 radical (unpaired) electrons. The number of imidazole rings is 1. The number of hydrogen-bond acceptors (Lipinski definition) is 3. The second kappa shape index (κ2) is 5.32. The molecule has 3 aromatic rings. The van der Waals surface area contributed by atoms with Gasteiger partial charge >= 0.3 is 0 Å². The third-order valence-corrected chi connectivity index (χ3v) is 3.30. The van der Waals surface area contributed by atoms with E-state index < -0.39 is 0 Å². The number of para-hydroxylation sites is 2. The van der Waals surface area contributed by atoms with Crippen molar-refractivity contribution in [3.05, 3.63) is 59.1 Å². The van der Waals surface area contributed by atoms with Crippen LogP contribution in [0.2, 0.25) is 5.02 Å². The lowest BCUT2D eigenvalue weighted by Crippen LogP contribution is -2.06. The van der Waals surface area contributed by atoms with Crippen molar-refractivity contribution < 1.29 is 0 Å². The number of pyridine rings is 1. The highest BCUT2D eigenvalue weighted by Crippen LogP contribution is 2.18. The van der Waals surface area contributed by atoms with Crippen molar-refractivity contribution in [1.29, 1.82) is 5.26 Å². The Kier molecular flexibility index (Phi) is 3.36. The molecule has 0 aliphatic heterocycles. The number of nitrogens with zero attached hydrogens (tertiary/aromatic N) is 4. The fourth-order valence-electron chi connectivity index (χ4n) is 2.20. The van der Waals surface area contributed by atoms with E-state index in [2.05, 4.69) is 16.0 Å². The largest absolute Gasteiger partial charge is 0.321 e. The lowest BCUT2D eigenvalue weighted by Gasteiger charge is -2.07. The van der Waals surface area contributed by atoms with Crippen molar-refractivity contribution in [3.8, 4) is 6.07 Å². The van der Waals surface area contributed by atoms with Crippen LogP contribution in [0.15, 0.2) is 42.6 Å². The smallest absolute Gasteiger partial charge is 0.124 e. The summed E-state index contributed by atoms with van der Waals surface area (Å²) >= 11 is 5.99. The van der Waals surface area contributed by atoms with Gasteiger partial charge in [0.1, 0.15) is 5.82 Å². The molecule has 5 heteroatoms. The molecule has 0 unspecified atom stereocenters. The average Bonchev–Trinajstić information content (AvgIpc) is 2.78. The Bertz CT molecular complexity index is 801. The van der Waals surface area contributed by atoms with E-state index in [-0.39, 0.29) is 6.42 Å². The van der Waals surface area contributed by atoms with Crippen LogP contribution in [0.3, 0.4) is 0 Å². The zero-order valence-electron chi connectivity index (χ0n) is 10.6. The summed E-state index contributed by atoms with van der Waals surface area (Å²) in [5.74, 6) is 0.746. The molecule has 4 nitrogen and oxygen atoms in total. The quantitative estimate of drug-likeness (QED) is 0.741. The fourth-order valence-corrected chi connectivity index (χ4v) is 2.39. The van der Waals surface area contributed by atoms with Crippen LogP contribution < -0.4 is 0 Å². The van der Waals surface area contributed by atoms with Crippen molar-refractivity contribution >= 4 is 22.6 Å². The van der Waals surface area contributed by atoms with E-state index in [9.17, 15) is 0 Å². The Morgan fingerprint density at radius 2 is 2.10 bits per heavy atom. The number of benzene rings is 1. The van der Waals surface area contributed by atoms with Crippen LogP contribution in [0.1, 0.15) is 11.5 Å². The summed E-state index contributed by atoms with van der Waals surface area (Å²) < 4.78 is 2.01. The summed E-state index contributed by atoms with van der Waals surface area (Å²) in [6.07, 6.45) is 1.95. The van der Waals surface area contributed by atoms with E-state index in [0.29, 0.717) is 11.6 Å². The Morgan fingerprint density at radius 3 is 2.90 bits per heavy atom. The highest BCUT2D eigenvalue weighted by Gasteiger charge is 2.11. The van der Waals surface area contributed by atoms with Gasteiger partial charge in [-0.1, -0.05) is 23.7 Å². The first-order chi connectivity index (χ1) is 9.78. The summed E-state index contributed by atoms with van der Waals surface area (Å²) in [5.41, 5.74) is 2.74. The third kappa shape index (κ3) is 2.36. The molecule has 0 amide bonds. The van der Waals surface area contributed by atoms with E-state index in [1.807, 2.05) is 34.9 Å². The molecule has 0 atom stereocenters. The first-order valence-electron chi connectivity index (χ1n) is 6.19. The SMILES string of the molecule is N#CCc1nc2ccccc2n1Cc1cc(Cl)ccn1. The normalized spacial score (nSPS) is 10.6. The molecule has 2 aromatic heterocycles. The first-order valence-corrected chi connectivity index (χ1v) is 6.57. The topological polar surface area (TPSA) is 54.5 Å². The Labute approximate surface area is 121 Å². The number of rotatable bonds is 3. The van der Waals surface area contributed by atoms with Gasteiger partial charge in [-0.3, -0.25) is 4.98 Å². The summed E-state index contributed by atoms with van der Waals surface area (Å²) in [5, 5.41) is 9.59. The van der Waals surface area contributed by atoms with E-state index in [1.165, 1.54) is 0 Å². The molecular weight excluding hydrogens is 272 g/mol. The van der Waals surface area contributed by atoms with Gasteiger partial charge in [-0.25, -0.2) is 4.98 Å². The van der Waals surface area contributed by atoms with Crippen LogP contribution in [-0.2, 0) is 13.0 Å². The van der Waals surface area contributed by atoms with E-state index in [4.69, 9.17) is 16.9 Å². The fraction of sp³-hybridized carbons (Fsp3) is 0.133. The molecule has 0 aliphatic rings. The van der Waals surface area contributed by atoms with Crippen molar-refractivity contribution in [2.24, 2.45) is 0 Å². The Balaban J connectivity index is 2.09. The van der Waals surface area contributed by atoms with Gasteiger partial charge in [0.05, 0.1) is 35.8 Å². The molecule has 0 fully saturated rings. The van der Waals surface area contributed by atoms with Gasteiger partial charge in [-0.2, -0.15) is 5.26 Å². The lowest BCUT2D eigenvalue weighted by atomic mass is 10.3. The number of aromatic nitrogens is 3. The maximum atomic E-state index is 8.94. The maximum Gasteiger partial charge on any atom is 0.124 e. The number of halogens is 1. The molecule has 0 spiro atoms. The monoisotopic (exact) mass is 282 g/mol. The molecule has 0 saturated carbocycles. The van der Waals surface area contributed by atoms with Crippen molar-refractivity contribution in [1.82, 2.24) is 14.5 Å². The predicted molar refractivity (Wildman–Crippen MR) is 77.4 cm³/mol. The Morgan fingerprint density at radius 1 is 1.25 bits per heavy atom. The number of fused-ring (bicyclic) bond motifs is 1. The summed E-state index contributed by atoms with van der Waals surface area (Å²) in [7, 11) is 0. The molecule has 1 aromatic carbocycles. The van der Waals surface area contributed by atoms with E-state index in [1.54, 1.807) is 12.3 Å². The van der Waals surface area contributed by atoms with Crippen LogP contribution in [0.4, 0.5) is 0 Å². The van der Waals surface area contributed by atoms with Crippen LogP contribution >= 0.6 is 11.6 Å². The van der Waals surface area contributed by atoms with Crippen molar-refractivity contribution in [2.45, 2.75) is 13.0 Å². The minimum Gasteiger partial charge on any atom is -0.321 e. The van der Waals surface area contributed by atoms with Crippen LogP contribution in [0.25, 0.3) is 11.0 Å². The van der Waals surface area contributed by atoms with Crippen molar-refractivity contribution in [3.63, 3.8) is 0 Å². The average molecular weight is 283 g/mol. The summed E-state index contributed by atoms with van der Waals surface area (Å²) in [6, 6.07) is 13.6. The molecular formula is C15H11ClN4. The van der Waals surface area contributed by atoms with Crippen LogP contribution in [0.5, 0.6) is 0 Å². The van der Waals surface area contributed by atoms with Crippen molar-refractivity contribution in [2.75, 3.05) is 0 Å². The molecule has 3 rings (SSSR count). The van der Waals surface area contributed by atoms with E-state index in [0.717, 1.165) is 22.6 Å². The summed E-state index contributed by atoms with van der Waals surface area (Å²) in [4.78, 5) is 8.81. The minimum atomic E-state index is 0.273.